The first-order chi connectivity index (χ1) is 13.8. The molecule has 3 unspecified atom stereocenters. The molecule has 3 atom stereocenters. The van der Waals surface area contributed by atoms with Crippen LogP contribution in [0.1, 0.15) is 29.2 Å². The van der Waals surface area contributed by atoms with Crippen LogP contribution < -0.4 is 15.6 Å². The van der Waals surface area contributed by atoms with E-state index in [0.717, 1.165) is 42.9 Å². The maximum absolute atomic E-state index is 9.20. The van der Waals surface area contributed by atoms with Gasteiger partial charge in [-0.1, -0.05) is 42.5 Å². The molecule has 0 amide bonds. The van der Waals surface area contributed by atoms with Gasteiger partial charge in [-0.05, 0) is 30.2 Å². The molecule has 2 aromatic carbocycles. The number of methoxy groups -OCH3 is 1. The number of fused-ring (bicyclic) bond motifs is 1. The molecule has 0 aliphatic carbocycles. The van der Waals surface area contributed by atoms with Crippen LogP contribution in [0.2, 0.25) is 0 Å². The first kappa shape index (κ1) is 18.7. The summed E-state index contributed by atoms with van der Waals surface area (Å²) in [6, 6.07) is 19.0. The Labute approximate surface area is 166 Å². The van der Waals surface area contributed by atoms with Gasteiger partial charge < -0.3 is 4.74 Å². The third-order valence-electron chi connectivity index (χ3n) is 5.77. The maximum Gasteiger partial charge on any atom is 0.126 e. The number of piperidine rings is 1. The molecule has 2 aliphatic rings. The lowest BCUT2D eigenvalue weighted by atomic mass is 9.85. The van der Waals surface area contributed by atoms with E-state index in [1.54, 1.807) is 7.11 Å². The molecule has 0 bridgehead atoms. The molecule has 2 aromatic rings. The zero-order valence-corrected chi connectivity index (χ0v) is 16.1. The van der Waals surface area contributed by atoms with Crippen molar-refractivity contribution in [1.82, 2.24) is 15.8 Å². The number of likely N-dealkylation sites (tertiary alicyclic amines) is 1. The zero-order chi connectivity index (χ0) is 19.3. The van der Waals surface area contributed by atoms with E-state index in [-0.39, 0.29) is 6.04 Å². The minimum absolute atomic E-state index is 0.235. The van der Waals surface area contributed by atoms with Crippen molar-refractivity contribution in [3.63, 3.8) is 0 Å². The average Bonchev–Trinajstić information content (AvgIpc) is 3.17. The first-order valence-corrected chi connectivity index (χ1v) is 9.81. The third kappa shape index (κ3) is 3.95. The summed E-state index contributed by atoms with van der Waals surface area (Å²) in [6.07, 6.45) is 5.48. The summed E-state index contributed by atoms with van der Waals surface area (Å²) in [5.74, 6) is 1.39. The minimum Gasteiger partial charge on any atom is -0.496 e. The van der Waals surface area contributed by atoms with Crippen molar-refractivity contribution in [1.29, 1.82) is 5.26 Å². The monoisotopic (exact) mass is 374 g/mol. The number of hydrazine groups is 1. The lowest BCUT2D eigenvalue weighted by Gasteiger charge is -2.35. The Hall–Kier alpha value is -2.65. The predicted molar refractivity (Wildman–Crippen MR) is 111 cm³/mol. The number of rotatable bonds is 5. The summed E-state index contributed by atoms with van der Waals surface area (Å²) >= 11 is 0. The van der Waals surface area contributed by atoms with E-state index in [9.17, 15) is 5.26 Å². The number of para-hydroxylation sites is 1. The topological polar surface area (TPSA) is 60.3 Å². The van der Waals surface area contributed by atoms with Gasteiger partial charge in [0.15, 0.2) is 0 Å². The normalized spacial score (nSPS) is 24.8. The predicted octanol–water partition coefficient (Wildman–Crippen LogP) is 3.12. The van der Waals surface area contributed by atoms with Gasteiger partial charge in [0, 0.05) is 37.2 Å². The second-order valence-electron chi connectivity index (χ2n) is 7.47. The molecule has 0 radical (unpaired) electrons. The maximum atomic E-state index is 9.20. The number of ether oxygens (including phenoxy) is 1. The average molecular weight is 374 g/mol. The first-order valence-electron chi connectivity index (χ1n) is 9.81. The van der Waals surface area contributed by atoms with Gasteiger partial charge in [0.05, 0.1) is 24.8 Å². The van der Waals surface area contributed by atoms with Crippen molar-refractivity contribution in [3.05, 3.63) is 71.3 Å². The van der Waals surface area contributed by atoms with E-state index in [2.05, 4.69) is 46.1 Å². The van der Waals surface area contributed by atoms with E-state index in [0.29, 0.717) is 12.0 Å². The summed E-state index contributed by atoms with van der Waals surface area (Å²) in [6.45, 7) is 3.03. The number of hydrogen-bond donors (Lipinski definition) is 2. The van der Waals surface area contributed by atoms with Gasteiger partial charge in [0.2, 0.25) is 0 Å². The van der Waals surface area contributed by atoms with Crippen LogP contribution in [0.5, 0.6) is 5.75 Å². The minimum atomic E-state index is 0.235. The van der Waals surface area contributed by atoms with Gasteiger partial charge in [-0.3, -0.25) is 10.3 Å². The highest BCUT2D eigenvalue weighted by atomic mass is 16.5. The summed E-state index contributed by atoms with van der Waals surface area (Å²) in [5.41, 5.74) is 9.94. The van der Waals surface area contributed by atoms with Gasteiger partial charge in [0.1, 0.15) is 5.75 Å². The molecule has 2 N–H and O–H groups in total. The highest BCUT2D eigenvalue weighted by molar-refractivity contribution is 5.57. The van der Waals surface area contributed by atoms with Crippen LogP contribution in [0.15, 0.2) is 54.6 Å². The summed E-state index contributed by atoms with van der Waals surface area (Å²) < 4.78 is 5.42. The van der Waals surface area contributed by atoms with Crippen molar-refractivity contribution in [2.24, 2.45) is 5.92 Å². The fourth-order valence-corrected chi connectivity index (χ4v) is 4.30. The standard InChI is InChI=1S/C23H26N4O/c1-28-22-10-3-2-7-18(22)9-5-12-27-13-11-21-20(16-27)23(26-25-21)19-8-4-6-17(14-19)15-24/h2-10,14,20-21,23,25-26H,11-13,16H2,1H3/b9-5+. The molecule has 0 spiro atoms. The highest BCUT2D eigenvalue weighted by Gasteiger charge is 2.40. The summed E-state index contributed by atoms with van der Waals surface area (Å²) in [7, 11) is 1.71. The van der Waals surface area contributed by atoms with Crippen LogP contribution in [-0.4, -0.2) is 37.7 Å². The lowest BCUT2D eigenvalue weighted by Crippen LogP contribution is -2.45. The fraction of sp³-hybridized carbons (Fsp3) is 0.348. The molecule has 0 saturated carbocycles. The molecule has 4 rings (SSSR count). The van der Waals surface area contributed by atoms with Crippen molar-refractivity contribution >= 4 is 6.08 Å². The largest absolute Gasteiger partial charge is 0.496 e. The van der Waals surface area contributed by atoms with E-state index in [4.69, 9.17) is 4.74 Å². The van der Waals surface area contributed by atoms with Crippen LogP contribution in [-0.2, 0) is 0 Å². The number of benzene rings is 2. The van der Waals surface area contributed by atoms with Crippen molar-refractivity contribution < 1.29 is 4.74 Å². The molecule has 0 aromatic heterocycles. The molecule has 5 heteroatoms. The number of nitriles is 1. The Morgan fingerprint density at radius 3 is 2.96 bits per heavy atom. The van der Waals surface area contributed by atoms with E-state index < -0.39 is 0 Å². The Morgan fingerprint density at radius 2 is 2.11 bits per heavy atom. The molecular weight excluding hydrogens is 348 g/mol. The zero-order valence-electron chi connectivity index (χ0n) is 16.1. The Balaban J connectivity index is 1.42. The van der Waals surface area contributed by atoms with Crippen LogP contribution in [0, 0.1) is 17.2 Å². The second kappa shape index (κ2) is 8.57. The smallest absolute Gasteiger partial charge is 0.126 e. The molecule has 2 aliphatic heterocycles. The van der Waals surface area contributed by atoms with Gasteiger partial charge in [-0.15, -0.1) is 0 Å². The lowest BCUT2D eigenvalue weighted by molar-refractivity contribution is 0.169. The molecule has 2 fully saturated rings. The highest BCUT2D eigenvalue weighted by Crippen LogP contribution is 2.34. The number of nitrogens with one attached hydrogen (secondary N) is 2. The van der Waals surface area contributed by atoms with Gasteiger partial charge in [-0.2, -0.15) is 5.26 Å². The molecule has 2 saturated heterocycles. The molecule has 5 nitrogen and oxygen atoms in total. The van der Waals surface area contributed by atoms with Crippen LogP contribution in [0.4, 0.5) is 0 Å². The van der Waals surface area contributed by atoms with Crippen molar-refractivity contribution in [2.75, 3.05) is 26.7 Å². The number of nitrogens with zero attached hydrogens (tertiary/aromatic N) is 2. The van der Waals surface area contributed by atoms with Crippen molar-refractivity contribution in [3.8, 4) is 11.8 Å². The van der Waals surface area contributed by atoms with E-state index in [1.165, 1.54) is 5.56 Å². The van der Waals surface area contributed by atoms with Crippen LogP contribution in [0.3, 0.4) is 0 Å². The fourth-order valence-electron chi connectivity index (χ4n) is 4.30. The van der Waals surface area contributed by atoms with Crippen LogP contribution >= 0.6 is 0 Å². The quantitative estimate of drug-likeness (QED) is 0.842. The van der Waals surface area contributed by atoms with Gasteiger partial charge in [-0.25, -0.2) is 5.43 Å². The molecule has 2 heterocycles. The van der Waals surface area contributed by atoms with E-state index >= 15 is 0 Å². The molecule has 28 heavy (non-hydrogen) atoms. The third-order valence-corrected chi connectivity index (χ3v) is 5.77. The Bertz CT molecular complexity index is 888. The molecular formula is C23H26N4O. The summed E-state index contributed by atoms with van der Waals surface area (Å²) in [5, 5.41) is 9.20. The Kier molecular flexibility index (Phi) is 5.73. The van der Waals surface area contributed by atoms with E-state index in [1.807, 2.05) is 36.4 Å². The van der Waals surface area contributed by atoms with Crippen LogP contribution in [0.25, 0.3) is 6.08 Å². The van der Waals surface area contributed by atoms with Crippen molar-refractivity contribution in [2.45, 2.75) is 18.5 Å². The summed E-state index contributed by atoms with van der Waals surface area (Å²) in [4.78, 5) is 2.50. The van der Waals surface area contributed by atoms with Gasteiger partial charge in [0.25, 0.3) is 0 Å². The number of hydrogen-bond acceptors (Lipinski definition) is 5. The van der Waals surface area contributed by atoms with Gasteiger partial charge >= 0.3 is 0 Å². The second-order valence-corrected chi connectivity index (χ2v) is 7.47. The molecule has 144 valence electrons. The Morgan fingerprint density at radius 1 is 1.21 bits per heavy atom. The SMILES string of the molecule is COc1ccccc1/C=C/CN1CCC2NNC(c3cccc(C#N)c3)C2C1.